The van der Waals surface area contributed by atoms with Crippen LogP contribution < -0.4 is 5.32 Å². The average molecular weight is 285 g/mol. The topological polar surface area (TPSA) is 30.5 Å². The Morgan fingerprint density at radius 3 is 2.30 bits per heavy atom. The van der Waals surface area contributed by atoms with E-state index in [1.807, 2.05) is 0 Å². The molecule has 0 aromatic heterocycles. The Labute approximate surface area is 125 Å². The zero-order chi connectivity index (χ0) is 14.9. The van der Waals surface area contributed by atoms with Crippen molar-refractivity contribution in [1.82, 2.24) is 5.32 Å². The number of rotatable bonds is 9. The second-order valence-corrected chi connectivity index (χ2v) is 7.37. The molecule has 0 amide bonds. The summed E-state index contributed by atoms with van der Waals surface area (Å²) in [4.78, 5) is 0. The fourth-order valence-corrected chi connectivity index (χ4v) is 3.06. The predicted octanol–water partition coefficient (Wildman–Crippen LogP) is 3.77. The van der Waals surface area contributed by atoms with E-state index in [1.165, 1.54) is 44.9 Å². The molecule has 3 heteroatoms. The van der Waals surface area contributed by atoms with E-state index in [1.54, 1.807) is 7.11 Å². The van der Waals surface area contributed by atoms with E-state index in [0.29, 0.717) is 12.0 Å². The van der Waals surface area contributed by atoms with Gasteiger partial charge in [0, 0.05) is 25.8 Å². The van der Waals surface area contributed by atoms with Crippen LogP contribution in [0.4, 0.5) is 0 Å². The zero-order valence-corrected chi connectivity index (χ0v) is 14.1. The molecule has 0 spiro atoms. The highest BCUT2D eigenvalue weighted by atomic mass is 16.5. The average Bonchev–Trinajstić information content (AvgIpc) is 2.41. The van der Waals surface area contributed by atoms with Crippen LogP contribution in [0.15, 0.2) is 0 Å². The summed E-state index contributed by atoms with van der Waals surface area (Å²) in [6.07, 6.45) is 9.45. The summed E-state index contributed by atoms with van der Waals surface area (Å²) in [6, 6.07) is 0. The first-order valence-electron chi connectivity index (χ1n) is 8.29. The number of hydrogen-bond acceptors (Lipinski definition) is 3. The van der Waals surface area contributed by atoms with Gasteiger partial charge in [-0.1, -0.05) is 19.3 Å². The number of ether oxygens (including phenoxy) is 2. The van der Waals surface area contributed by atoms with Gasteiger partial charge >= 0.3 is 0 Å². The molecule has 1 aliphatic carbocycles. The van der Waals surface area contributed by atoms with Gasteiger partial charge in [-0.2, -0.15) is 0 Å². The van der Waals surface area contributed by atoms with Crippen LogP contribution in [-0.4, -0.2) is 39.0 Å². The normalized spacial score (nSPS) is 19.2. The van der Waals surface area contributed by atoms with Crippen molar-refractivity contribution in [2.75, 3.05) is 33.5 Å². The van der Waals surface area contributed by atoms with Gasteiger partial charge in [0.15, 0.2) is 0 Å². The summed E-state index contributed by atoms with van der Waals surface area (Å²) >= 11 is 0. The third kappa shape index (κ3) is 7.61. The maximum Gasteiger partial charge on any atom is 0.0700 e. The van der Waals surface area contributed by atoms with E-state index in [2.05, 4.69) is 26.1 Å². The summed E-state index contributed by atoms with van der Waals surface area (Å²) in [5, 5.41) is 3.73. The number of methoxy groups -OCH3 is 1. The molecule has 1 N–H and O–H groups in total. The molecule has 0 radical (unpaired) electrons. The summed E-state index contributed by atoms with van der Waals surface area (Å²) < 4.78 is 10.6. The minimum atomic E-state index is 0.222. The van der Waals surface area contributed by atoms with Crippen molar-refractivity contribution >= 4 is 0 Å². The van der Waals surface area contributed by atoms with E-state index in [-0.39, 0.29) is 5.54 Å². The van der Waals surface area contributed by atoms with Gasteiger partial charge in [0.25, 0.3) is 0 Å². The van der Waals surface area contributed by atoms with E-state index in [4.69, 9.17) is 9.47 Å². The second kappa shape index (κ2) is 9.01. The van der Waals surface area contributed by atoms with Crippen molar-refractivity contribution in [2.45, 2.75) is 71.3 Å². The molecule has 0 aromatic rings. The molecule has 0 bridgehead atoms. The molecule has 0 saturated heterocycles. The van der Waals surface area contributed by atoms with E-state index in [9.17, 15) is 0 Å². The van der Waals surface area contributed by atoms with Crippen molar-refractivity contribution in [3.63, 3.8) is 0 Å². The van der Waals surface area contributed by atoms with Gasteiger partial charge in [0.2, 0.25) is 0 Å². The highest BCUT2D eigenvalue weighted by Crippen LogP contribution is 2.40. The minimum Gasteiger partial charge on any atom is -0.382 e. The molecule has 0 heterocycles. The Balaban J connectivity index is 2.31. The third-order valence-corrected chi connectivity index (χ3v) is 4.34. The van der Waals surface area contributed by atoms with Gasteiger partial charge in [-0.3, -0.25) is 0 Å². The maximum atomic E-state index is 5.61. The number of nitrogens with one attached hydrogen (secondary N) is 1. The van der Waals surface area contributed by atoms with Crippen LogP contribution in [0, 0.1) is 5.41 Å². The predicted molar refractivity (Wildman–Crippen MR) is 85.2 cm³/mol. The third-order valence-electron chi connectivity index (χ3n) is 4.34. The Kier molecular flexibility index (Phi) is 8.08. The minimum absolute atomic E-state index is 0.222. The van der Waals surface area contributed by atoms with Gasteiger partial charge in [-0.15, -0.1) is 0 Å². The Bertz CT molecular complexity index is 242. The molecular formula is C17H35NO2. The first kappa shape index (κ1) is 17.9. The fourth-order valence-electron chi connectivity index (χ4n) is 3.06. The van der Waals surface area contributed by atoms with Gasteiger partial charge in [0.05, 0.1) is 13.2 Å². The highest BCUT2D eigenvalue weighted by Gasteiger charge is 2.32. The molecule has 1 saturated carbocycles. The Morgan fingerprint density at radius 1 is 1.00 bits per heavy atom. The molecule has 1 rings (SSSR count). The smallest absolute Gasteiger partial charge is 0.0700 e. The molecular weight excluding hydrogens is 250 g/mol. The molecule has 1 aliphatic rings. The standard InChI is InChI=1S/C17H35NO2/c1-16(2,3)18-15-17(9-6-5-7-10-17)11-8-12-20-14-13-19-4/h18H,5-15H2,1-4H3. The molecule has 20 heavy (non-hydrogen) atoms. The molecule has 0 atom stereocenters. The van der Waals surface area contributed by atoms with Gasteiger partial charge in [-0.05, 0) is 51.9 Å². The lowest BCUT2D eigenvalue weighted by atomic mass is 9.71. The summed E-state index contributed by atoms with van der Waals surface area (Å²) in [5.74, 6) is 0. The van der Waals surface area contributed by atoms with E-state index >= 15 is 0 Å². The van der Waals surface area contributed by atoms with Crippen molar-refractivity contribution in [3.8, 4) is 0 Å². The monoisotopic (exact) mass is 285 g/mol. The number of hydrogen-bond donors (Lipinski definition) is 1. The van der Waals surface area contributed by atoms with Crippen LogP contribution in [0.2, 0.25) is 0 Å². The zero-order valence-electron chi connectivity index (χ0n) is 14.1. The second-order valence-electron chi connectivity index (χ2n) is 7.37. The molecule has 1 fully saturated rings. The first-order valence-corrected chi connectivity index (χ1v) is 8.29. The van der Waals surface area contributed by atoms with E-state index in [0.717, 1.165) is 19.8 Å². The highest BCUT2D eigenvalue weighted by molar-refractivity contribution is 4.87. The van der Waals surface area contributed by atoms with Gasteiger partial charge in [-0.25, -0.2) is 0 Å². The maximum absolute atomic E-state index is 5.61. The largest absolute Gasteiger partial charge is 0.382 e. The van der Waals surface area contributed by atoms with Crippen molar-refractivity contribution in [2.24, 2.45) is 5.41 Å². The van der Waals surface area contributed by atoms with Crippen molar-refractivity contribution in [3.05, 3.63) is 0 Å². The summed E-state index contributed by atoms with van der Waals surface area (Å²) in [6.45, 7) is 10.3. The SMILES string of the molecule is COCCOCCCC1(CNC(C)(C)C)CCCCC1. The van der Waals surface area contributed by atoms with Gasteiger partial charge in [0.1, 0.15) is 0 Å². The van der Waals surface area contributed by atoms with Crippen molar-refractivity contribution in [1.29, 1.82) is 0 Å². The summed E-state index contributed by atoms with van der Waals surface area (Å²) in [7, 11) is 1.72. The molecule has 0 aliphatic heterocycles. The quantitative estimate of drug-likeness (QED) is 0.654. The first-order chi connectivity index (χ1) is 9.47. The fraction of sp³-hybridized carbons (Fsp3) is 1.00. The van der Waals surface area contributed by atoms with Crippen LogP contribution >= 0.6 is 0 Å². The van der Waals surface area contributed by atoms with Crippen LogP contribution in [0.3, 0.4) is 0 Å². The summed E-state index contributed by atoms with van der Waals surface area (Å²) in [5.41, 5.74) is 0.732. The lowest BCUT2D eigenvalue weighted by Gasteiger charge is -2.40. The molecule has 0 aromatic carbocycles. The van der Waals surface area contributed by atoms with Crippen LogP contribution in [-0.2, 0) is 9.47 Å². The lowest BCUT2D eigenvalue weighted by Crippen LogP contribution is -2.44. The van der Waals surface area contributed by atoms with Crippen LogP contribution in [0.5, 0.6) is 0 Å². The molecule has 3 nitrogen and oxygen atoms in total. The lowest BCUT2D eigenvalue weighted by molar-refractivity contribution is 0.0585. The van der Waals surface area contributed by atoms with Gasteiger partial charge < -0.3 is 14.8 Å². The van der Waals surface area contributed by atoms with E-state index < -0.39 is 0 Å². The van der Waals surface area contributed by atoms with Crippen molar-refractivity contribution < 1.29 is 9.47 Å². The van der Waals surface area contributed by atoms with Crippen LogP contribution in [0.25, 0.3) is 0 Å². The van der Waals surface area contributed by atoms with Crippen LogP contribution in [0.1, 0.15) is 65.7 Å². The Hall–Kier alpha value is -0.120. The molecule has 0 unspecified atom stereocenters. The molecule has 120 valence electrons. The Morgan fingerprint density at radius 2 is 1.70 bits per heavy atom.